The number of urea groups is 1. The molecule has 0 radical (unpaired) electrons. The van der Waals surface area contributed by atoms with E-state index < -0.39 is 17.9 Å². The summed E-state index contributed by atoms with van der Waals surface area (Å²) in [5.41, 5.74) is 4.91. The minimum absolute atomic E-state index is 0.00437. The number of amides is 2. The van der Waals surface area contributed by atoms with Gasteiger partial charge in [-0.05, 0) is 25.8 Å². The smallest absolute Gasteiger partial charge is 0.312 e. The maximum absolute atomic E-state index is 12.1. The molecule has 0 rings (SSSR count). The minimum atomic E-state index is -0.990. The van der Waals surface area contributed by atoms with Gasteiger partial charge < -0.3 is 21.5 Å². The van der Waals surface area contributed by atoms with E-state index in [-0.39, 0.29) is 24.2 Å². The Labute approximate surface area is 119 Å². The minimum Gasteiger partial charge on any atom is -0.481 e. The number of likely N-dealkylation sites (N-methyl/N-ethyl adjacent to an activating group) is 1. The van der Waals surface area contributed by atoms with Crippen LogP contribution in [0.4, 0.5) is 4.79 Å². The molecule has 0 unspecified atom stereocenters. The Balaban J connectivity index is 4.36. The van der Waals surface area contributed by atoms with E-state index in [1.807, 2.05) is 13.8 Å². The molecule has 20 heavy (non-hydrogen) atoms. The number of nitrogens with one attached hydrogen (secondary N) is 2. The lowest BCUT2D eigenvalue weighted by Crippen LogP contribution is -2.40. The summed E-state index contributed by atoms with van der Waals surface area (Å²) in [6, 6.07) is -0.969. The zero-order valence-corrected chi connectivity index (χ0v) is 12.3. The molecule has 7 heteroatoms. The van der Waals surface area contributed by atoms with E-state index in [2.05, 4.69) is 10.6 Å². The van der Waals surface area contributed by atoms with Crippen molar-refractivity contribution < 1.29 is 19.5 Å². The lowest BCUT2D eigenvalue weighted by atomic mass is 9.90. The van der Waals surface area contributed by atoms with Gasteiger partial charge >= 0.3 is 12.0 Å². The van der Waals surface area contributed by atoms with E-state index >= 15 is 0 Å². The summed E-state index contributed by atoms with van der Waals surface area (Å²) in [4.78, 5) is 33.7. The largest absolute Gasteiger partial charge is 0.481 e. The van der Waals surface area contributed by atoms with Crippen molar-refractivity contribution >= 4 is 17.8 Å². The van der Waals surface area contributed by atoms with Crippen molar-refractivity contribution in [2.75, 3.05) is 13.6 Å². The molecule has 2 amide bonds. The first-order valence-electron chi connectivity index (χ1n) is 6.75. The van der Waals surface area contributed by atoms with Gasteiger partial charge in [-0.2, -0.15) is 0 Å². The highest BCUT2D eigenvalue weighted by molar-refractivity contribution is 5.88. The average Bonchev–Trinajstić information content (AvgIpc) is 2.32. The van der Waals surface area contributed by atoms with Crippen molar-refractivity contribution in [2.24, 2.45) is 17.6 Å². The van der Waals surface area contributed by atoms with Crippen LogP contribution in [0.15, 0.2) is 0 Å². The number of hydrogen-bond acceptors (Lipinski definition) is 4. The summed E-state index contributed by atoms with van der Waals surface area (Å²) < 4.78 is 0. The number of hydrogen-bond donors (Lipinski definition) is 4. The fraction of sp³-hybridized carbons (Fsp3) is 0.769. The molecule has 0 spiro atoms. The summed E-state index contributed by atoms with van der Waals surface area (Å²) in [6.45, 7) is 4.13. The molecule has 7 nitrogen and oxygen atoms in total. The molecule has 0 bridgehead atoms. The van der Waals surface area contributed by atoms with Crippen molar-refractivity contribution in [1.29, 1.82) is 0 Å². The zero-order valence-electron chi connectivity index (χ0n) is 12.3. The summed E-state index contributed by atoms with van der Waals surface area (Å²) in [7, 11) is 1.69. The number of Topliss-reactive ketones (excluding diaryl/α,β-unsaturated/α-hetero) is 1. The van der Waals surface area contributed by atoms with Crippen molar-refractivity contribution in [3.8, 4) is 0 Å². The van der Waals surface area contributed by atoms with Crippen LogP contribution in [0.2, 0.25) is 0 Å². The Kier molecular flexibility index (Phi) is 8.54. The molecule has 2 atom stereocenters. The maximum Gasteiger partial charge on any atom is 0.312 e. The first kappa shape index (κ1) is 18.4. The van der Waals surface area contributed by atoms with Gasteiger partial charge in [-0.1, -0.05) is 13.8 Å². The number of carbonyl (C=O) groups excluding carboxylic acids is 2. The van der Waals surface area contributed by atoms with Crippen LogP contribution < -0.4 is 16.4 Å². The number of nitrogens with two attached hydrogens (primary N) is 1. The number of aliphatic carboxylic acids is 1. The molecule has 5 N–H and O–H groups in total. The number of ketones is 1. The van der Waals surface area contributed by atoms with Crippen LogP contribution in [0, 0.1) is 11.8 Å². The van der Waals surface area contributed by atoms with Crippen LogP contribution in [0.25, 0.3) is 0 Å². The zero-order chi connectivity index (χ0) is 15.7. The lowest BCUT2D eigenvalue weighted by molar-refractivity contribution is -0.144. The lowest BCUT2D eigenvalue weighted by Gasteiger charge is -2.21. The van der Waals surface area contributed by atoms with Crippen molar-refractivity contribution in [2.45, 2.75) is 39.2 Å². The predicted octanol–water partition coefficient (Wildman–Crippen LogP) is 0.339. The fourth-order valence-corrected chi connectivity index (χ4v) is 2.11. The van der Waals surface area contributed by atoms with Crippen molar-refractivity contribution in [1.82, 2.24) is 10.6 Å². The number of carbonyl (C=O) groups is 3. The van der Waals surface area contributed by atoms with Gasteiger partial charge in [-0.3, -0.25) is 9.59 Å². The standard InChI is InChI=1S/C13H25N3O4/c1-8(2)11(15-3)10(17)7-9(12(18)19)5-4-6-16-13(14)20/h8-9,11,15H,4-7H2,1-3H3,(H,18,19)(H3,14,16,20)/t9-,11+/m1/s1. The van der Waals surface area contributed by atoms with E-state index in [1.165, 1.54) is 0 Å². The van der Waals surface area contributed by atoms with Crippen LogP contribution >= 0.6 is 0 Å². The molecular weight excluding hydrogens is 262 g/mol. The van der Waals surface area contributed by atoms with Crippen LogP contribution in [0.5, 0.6) is 0 Å². The fourth-order valence-electron chi connectivity index (χ4n) is 2.11. The molecule has 0 fully saturated rings. The predicted molar refractivity (Wildman–Crippen MR) is 75.3 cm³/mol. The van der Waals surface area contributed by atoms with Gasteiger partial charge in [0.15, 0.2) is 5.78 Å². The van der Waals surface area contributed by atoms with E-state index in [4.69, 9.17) is 10.8 Å². The third kappa shape index (κ3) is 7.08. The van der Waals surface area contributed by atoms with E-state index in [0.29, 0.717) is 19.4 Å². The van der Waals surface area contributed by atoms with E-state index in [0.717, 1.165) is 0 Å². The molecular formula is C13H25N3O4. The van der Waals surface area contributed by atoms with Gasteiger partial charge in [-0.15, -0.1) is 0 Å². The number of primary amides is 1. The van der Waals surface area contributed by atoms with Crippen LogP contribution in [-0.4, -0.2) is 42.5 Å². The number of carboxylic acids is 1. The summed E-state index contributed by atoms with van der Waals surface area (Å²) >= 11 is 0. The van der Waals surface area contributed by atoms with Gasteiger partial charge in [0.1, 0.15) is 0 Å². The summed E-state index contributed by atoms with van der Waals surface area (Å²) in [5, 5.41) is 14.4. The molecule has 0 aromatic rings. The average molecular weight is 287 g/mol. The molecule has 116 valence electrons. The van der Waals surface area contributed by atoms with Gasteiger partial charge in [0.05, 0.1) is 12.0 Å². The highest BCUT2D eigenvalue weighted by Gasteiger charge is 2.26. The Morgan fingerprint density at radius 1 is 1.25 bits per heavy atom. The molecule has 0 aliphatic rings. The van der Waals surface area contributed by atoms with Crippen molar-refractivity contribution in [3.63, 3.8) is 0 Å². The second kappa shape index (κ2) is 9.30. The number of rotatable bonds is 10. The third-order valence-corrected chi connectivity index (χ3v) is 3.15. The molecule has 0 aromatic carbocycles. The monoisotopic (exact) mass is 287 g/mol. The Morgan fingerprint density at radius 2 is 1.85 bits per heavy atom. The third-order valence-electron chi connectivity index (χ3n) is 3.15. The normalized spacial score (nSPS) is 13.8. The second-order valence-corrected chi connectivity index (χ2v) is 5.15. The van der Waals surface area contributed by atoms with Gasteiger partial charge in [0, 0.05) is 13.0 Å². The first-order chi connectivity index (χ1) is 9.29. The molecule has 0 aliphatic heterocycles. The van der Waals surface area contributed by atoms with Crippen LogP contribution in [-0.2, 0) is 9.59 Å². The van der Waals surface area contributed by atoms with Gasteiger partial charge in [0.2, 0.25) is 0 Å². The van der Waals surface area contributed by atoms with E-state index in [1.54, 1.807) is 7.05 Å². The molecule has 0 aliphatic carbocycles. The van der Waals surface area contributed by atoms with Gasteiger partial charge in [-0.25, -0.2) is 4.79 Å². The topological polar surface area (TPSA) is 122 Å². The SMILES string of the molecule is CN[C@H](C(=O)C[C@@H](CCCNC(N)=O)C(=O)O)C(C)C. The van der Waals surface area contributed by atoms with Crippen molar-refractivity contribution in [3.05, 3.63) is 0 Å². The summed E-state index contributed by atoms with van der Waals surface area (Å²) in [6.07, 6.45) is 0.796. The highest BCUT2D eigenvalue weighted by atomic mass is 16.4. The molecule has 0 saturated heterocycles. The first-order valence-corrected chi connectivity index (χ1v) is 6.75. The Morgan fingerprint density at radius 3 is 2.25 bits per heavy atom. The molecule has 0 saturated carbocycles. The highest BCUT2D eigenvalue weighted by Crippen LogP contribution is 2.15. The molecule has 0 aromatic heterocycles. The van der Waals surface area contributed by atoms with Gasteiger partial charge in [0.25, 0.3) is 0 Å². The summed E-state index contributed by atoms with van der Waals surface area (Å²) in [5.74, 6) is -1.71. The Hall–Kier alpha value is -1.63. The maximum atomic E-state index is 12.1. The van der Waals surface area contributed by atoms with E-state index in [9.17, 15) is 14.4 Å². The molecule has 0 heterocycles. The Bertz CT molecular complexity index is 345. The van der Waals surface area contributed by atoms with Crippen LogP contribution in [0.1, 0.15) is 33.1 Å². The quantitative estimate of drug-likeness (QED) is 0.432. The second-order valence-electron chi connectivity index (χ2n) is 5.15. The number of carboxylic acid groups (broad SMARTS) is 1. The van der Waals surface area contributed by atoms with Crippen LogP contribution in [0.3, 0.4) is 0 Å².